The van der Waals surface area contributed by atoms with Gasteiger partial charge in [0.2, 0.25) is 0 Å². The van der Waals surface area contributed by atoms with Crippen LogP contribution in [0.4, 0.5) is 13.2 Å². The molecule has 1 aromatic heterocycles. The molecular formula is C22H19ClF3NO3. The molecule has 0 saturated heterocycles. The summed E-state index contributed by atoms with van der Waals surface area (Å²) in [7, 11) is 1.40. The van der Waals surface area contributed by atoms with E-state index in [4.69, 9.17) is 20.8 Å². The predicted molar refractivity (Wildman–Crippen MR) is 108 cm³/mol. The number of halogens is 4. The van der Waals surface area contributed by atoms with Crippen LogP contribution < -0.4 is 4.74 Å². The Morgan fingerprint density at radius 2 is 1.97 bits per heavy atom. The number of hydrogen-bond donors (Lipinski definition) is 0. The highest BCUT2D eigenvalue weighted by atomic mass is 35.5. The molecule has 4 nitrogen and oxygen atoms in total. The molecule has 4 rings (SSSR count). The minimum absolute atomic E-state index is 0.0489. The number of carbonyl (C=O) groups excluding carboxylic acids is 1. The second-order valence-electron chi connectivity index (χ2n) is 8.05. The normalized spacial score (nSPS) is 16.1. The summed E-state index contributed by atoms with van der Waals surface area (Å²) >= 11 is 6.03. The van der Waals surface area contributed by atoms with Crippen molar-refractivity contribution in [1.82, 2.24) is 4.90 Å². The first-order valence-corrected chi connectivity index (χ1v) is 9.63. The Balaban J connectivity index is 1.88. The van der Waals surface area contributed by atoms with Crippen LogP contribution in [0.1, 0.15) is 29.8 Å². The highest BCUT2D eigenvalue weighted by Crippen LogP contribution is 2.43. The number of carbonyl (C=O) groups is 1. The Morgan fingerprint density at radius 1 is 1.23 bits per heavy atom. The zero-order valence-corrected chi connectivity index (χ0v) is 17.3. The molecule has 0 radical (unpaired) electrons. The monoisotopic (exact) mass is 437 g/mol. The summed E-state index contributed by atoms with van der Waals surface area (Å²) in [5.41, 5.74) is 2.24. The molecule has 1 aliphatic heterocycles. The van der Waals surface area contributed by atoms with Crippen molar-refractivity contribution in [3.05, 3.63) is 52.7 Å². The number of hydrogen-bond acceptors (Lipinski definition) is 3. The minimum atomic E-state index is -4.48. The molecule has 1 aliphatic rings. The third-order valence-electron chi connectivity index (χ3n) is 5.36. The van der Waals surface area contributed by atoms with Crippen molar-refractivity contribution in [3.63, 3.8) is 0 Å². The van der Waals surface area contributed by atoms with E-state index in [1.54, 1.807) is 24.5 Å². The van der Waals surface area contributed by atoms with Gasteiger partial charge in [0.25, 0.3) is 5.91 Å². The quantitative estimate of drug-likeness (QED) is 0.500. The number of methoxy groups -OCH3 is 1. The molecule has 0 N–H and O–H groups in total. The first kappa shape index (κ1) is 20.6. The SMILES string of the molecule is COc1cc(-c2coc3cc(Cl)ccc23)cc2c1C(=O)N(CC(F)(F)F)CC2(C)C. The van der Waals surface area contributed by atoms with E-state index in [1.165, 1.54) is 7.11 Å². The molecule has 158 valence electrons. The van der Waals surface area contributed by atoms with Gasteiger partial charge in [-0.15, -0.1) is 0 Å². The molecule has 1 amide bonds. The van der Waals surface area contributed by atoms with E-state index < -0.39 is 24.0 Å². The zero-order valence-electron chi connectivity index (χ0n) is 16.6. The highest BCUT2D eigenvalue weighted by molar-refractivity contribution is 6.31. The molecule has 0 spiro atoms. The third kappa shape index (κ3) is 3.51. The van der Waals surface area contributed by atoms with Gasteiger partial charge in [-0.2, -0.15) is 13.2 Å². The van der Waals surface area contributed by atoms with Crippen LogP contribution in [-0.4, -0.2) is 37.2 Å². The Morgan fingerprint density at radius 3 is 2.63 bits per heavy atom. The number of rotatable bonds is 3. The van der Waals surface area contributed by atoms with E-state index in [9.17, 15) is 18.0 Å². The van der Waals surface area contributed by atoms with Gasteiger partial charge in [-0.05, 0) is 35.4 Å². The zero-order chi connectivity index (χ0) is 21.8. The Bertz CT molecular complexity index is 1150. The van der Waals surface area contributed by atoms with Gasteiger partial charge in [0, 0.05) is 34.0 Å². The molecule has 0 fully saturated rings. The average molecular weight is 438 g/mol. The summed E-state index contributed by atoms with van der Waals surface area (Å²) in [5.74, 6) is -0.454. The molecule has 0 atom stereocenters. The van der Waals surface area contributed by atoms with Crippen LogP contribution in [0.15, 0.2) is 41.0 Å². The lowest BCUT2D eigenvalue weighted by Gasteiger charge is -2.40. The summed E-state index contributed by atoms with van der Waals surface area (Å²) in [6, 6.07) is 8.78. The topological polar surface area (TPSA) is 42.7 Å². The van der Waals surface area contributed by atoms with Gasteiger partial charge in [-0.3, -0.25) is 4.79 Å². The molecule has 2 aromatic carbocycles. The van der Waals surface area contributed by atoms with Crippen LogP contribution >= 0.6 is 11.6 Å². The molecular weight excluding hydrogens is 419 g/mol. The van der Waals surface area contributed by atoms with Crippen LogP contribution in [0.3, 0.4) is 0 Å². The van der Waals surface area contributed by atoms with Crippen LogP contribution in [0.2, 0.25) is 5.02 Å². The summed E-state index contributed by atoms with van der Waals surface area (Å²) in [6.07, 6.45) is -2.89. The molecule has 3 aromatic rings. The van der Waals surface area contributed by atoms with Gasteiger partial charge in [0.05, 0.1) is 18.9 Å². The Kier molecular flexibility index (Phi) is 4.77. The lowest BCUT2D eigenvalue weighted by molar-refractivity contribution is -0.142. The first-order valence-electron chi connectivity index (χ1n) is 9.26. The van der Waals surface area contributed by atoms with Crippen LogP contribution in [0.5, 0.6) is 5.75 Å². The number of nitrogens with zero attached hydrogens (tertiary/aromatic N) is 1. The second kappa shape index (κ2) is 6.94. The van der Waals surface area contributed by atoms with E-state index >= 15 is 0 Å². The van der Waals surface area contributed by atoms with Crippen molar-refractivity contribution < 1.29 is 27.1 Å². The van der Waals surface area contributed by atoms with Gasteiger partial charge in [0.1, 0.15) is 17.9 Å². The summed E-state index contributed by atoms with van der Waals surface area (Å²) in [6.45, 7) is 2.29. The Labute approximate surface area is 176 Å². The van der Waals surface area contributed by atoms with Crippen molar-refractivity contribution >= 4 is 28.5 Å². The van der Waals surface area contributed by atoms with E-state index in [-0.39, 0.29) is 17.9 Å². The first-order chi connectivity index (χ1) is 14.0. The van der Waals surface area contributed by atoms with E-state index in [0.717, 1.165) is 21.4 Å². The number of fused-ring (bicyclic) bond motifs is 2. The lowest BCUT2D eigenvalue weighted by atomic mass is 9.76. The van der Waals surface area contributed by atoms with Crippen molar-refractivity contribution in [1.29, 1.82) is 0 Å². The molecule has 0 bridgehead atoms. The number of amides is 1. The average Bonchev–Trinajstić information content (AvgIpc) is 3.06. The third-order valence-corrected chi connectivity index (χ3v) is 5.59. The Hall–Kier alpha value is -2.67. The fourth-order valence-electron chi connectivity index (χ4n) is 4.05. The minimum Gasteiger partial charge on any atom is -0.496 e. The predicted octanol–water partition coefficient (Wildman–Crippen LogP) is 6.06. The van der Waals surface area contributed by atoms with Gasteiger partial charge < -0.3 is 14.1 Å². The maximum Gasteiger partial charge on any atom is 0.406 e. The largest absolute Gasteiger partial charge is 0.496 e. The maximum atomic E-state index is 13.0. The summed E-state index contributed by atoms with van der Waals surface area (Å²) < 4.78 is 50.1. The van der Waals surface area contributed by atoms with Gasteiger partial charge in [0.15, 0.2) is 0 Å². The molecule has 0 unspecified atom stereocenters. The smallest absolute Gasteiger partial charge is 0.406 e. The molecule has 30 heavy (non-hydrogen) atoms. The van der Waals surface area contributed by atoms with Gasteiger partial charge >= 0.3 is 6.18 Å². The summed E-state index contributed by atoms with van der Waals surface area (Å²) in [5, 5.41) is 1.38. The molecule has 0 aliphatic carbocycles. The van der Waals surface area contributed by atoms with Crippen molar-refractivity contribution in [3.8, 4) is 16.9 Å². The van der Waals surface area contributed by atoms with Crippen molar-refractivity contribution in [2.75, 3.05) is 20.2 Å². The number of alkyl halides is 3. The number of furan rings is 1. The van der Waals surface area contributed by atoms with E-state index in [1.807, 2.05) is 26.0 Å². The van der Waals surface area contributed by atoms with Crippen molar-refractivity contribution in [2.45, 2.75) is 25.4 Å². The van der Waals surface area contributed by atoms with E-state index in [0.29, 0.717) is 16.2 Å². The van der Waals surface area contributed by atoms with E-state index in [2.05, 4.69) is 0 Å². The maximum absolute atomic E-state index is 13.0. The van der Waals surface area contributed by atoms with Gasteiger partial charge in [-0.25, -0.2) is 0 Å². The summed E-state index contributed by atoms with van der Waals surface area (Å²) in [4.78, 5) is 13.8. The lowest BCUT2D eigenvalue weighted by Crippen LogP contribution is -2.50. The molecule has 0 saturated carbocycles. The molecule has 8 heteroatoms. The standard InChI is InChI=1S/C22H19ClF3NO3/c1-21(2)10-27(11-22(24,25)26)20(28)19-16(21)6-12(7-18(19)29-3)15-9-30-17-8-13(23)4-5-14(15)17/h4-9H,10-11H2,1-3H3. The van der Waals surface area contributed by atoms with Crippen LogP contribution in [0, 0.1) is 0 Å². The van der Waals surface area contributed by atoms with Gasteiger partial charge in [-0.1, -0.05) is 25.4 Å². The number of benzene rings is 2. The fourth-order valence-corrected chi connectivity index (χ4v) is 4.21. The van der Waals surface area contributed by atoms with Crippen molar-refractivity contribution in [2.24, 2.45) is 0 Å². The molecule has 2 heterocycles. The fraction of sp³-hybridized carbons (Fsp3) is 0.318. The highest BCUT2D eigenvalue weighted by Gasteiger charge is 2.43. The van der Waals surface area contributed by atoms with Crippen LogP contribution in [0.25, 0.3) is 22.1 Å². The number of ether oxygens (including phenoxy) is 1. The second-order valence-corrected chi connectivity index (χ2v) is 8.49. The van der Waals surface area contributed by atoms with Crippen LogP contribution in [-0.2, 0) is 5.41 Å².